The summed E-state index contributed by atoms with van der Waals surface area (Å²) in [6.45, 7) is 7.12. The molecule has 1 atom stereocenters. The Hall–Kier alpha value is -2.04. The van der Waals surface area contributed by atoms with Crippen LogP contribution in [0.2, 0.25) is 0 Å². The van der Waals surface area contributed by atoms with Crippen molar-refractivity contribution in [3.8, 4) is 0 Å². The molecule has 152 valence electrons. The monoisotopic (exact) mass is 384 g/mol. The van der Waals surface area contributed by atoms with E-state index in [9.17, 15) is 9.59 Å². The van der Waals surface area contributed by atoms with Gasteiger partial charge in [0.15, 0.2) is 0 Å². The Morgan fingerprint density at radius 3 is 2.64 bits per heavy atom. The van der Waals surface area contributed by atoms with Gasteiger partial charge >= 0.3 is 6.09 Å². The molecule has 5 nitrogen and oxygen atoms in total. The molecule has 0 aromatic heterocycles. The molecule has 0 bridgehead atoms. The predicted molar refractivity (Wildman–Crippen MR) is 110 cm³/mol. The Labute approximate surface area is 167 Å². The van der Waals surface area contributed by atoms with E-state index in [1.807, 2.05) is 25.7 Å². The number of fused-ring (bicyclic) bond motifs is 2. The third kappa shape index (κ3) is 3.51. The Kier molecular flexibility index (Phi) is 4.88. The average Bonchev–Trinajstić information content (AvgIpc) is 2.92. The molecule has 1 N–H and O–H groups in total. The summed E-state index contributed by atoms with van der Waals surface area (Å²) in [6, 6.07) is 6.50. The van der Waals surface area contributed by atoms with E-state index in [4.69, 9.17) is 4.74 Å². The summed E-state index contributed by atoms with van der Waals surface area (Å²) in [5, 5.41) is 3.16. The van der Waals surface area contributed by atoms with Crippen molar-refractivity contribution in [3.63, 3.8) is 0 Å². The highest BCUT2D eigenvalue weighted by Gasteiger charge is 2.47. The van der Waals surface area contributed by atoms with E-state index < -0.39 is 5.60 Å². The number of nitrogens with one attached hydrogen (secondary N) is 1. The van der Waals surface area contributed by atoms with Crippen molar-refractivity contribution >= 4 is 17.7 Å². The minimum absolute atomic E-state index is 0.179. The van der Waals surface area contributed by atoms with Crippen LogP contribution in [0.4, 0.5) is 10.5 Å². The van der Waals surface area contributed by atoms with Gasteiger partial charge in [0.2, 0.25) is 5.91 Å². The minimum atomic E-state index is -0.476. The van der Waals surface area contributed by atoms with Crippen molar-refractivity contribution in [1.29, 1.82) is 0 Å². The first-order valence-electron chi connectivity index (χ1n) is 10.7. The van der Waals surface area contributed by atoms with Crippen LogP contribution >= 0.6 is 0 Å². The van der Waals surface area contributed by atoms with Gasteiger partial charge in [-0.05, 0) is 63.6 Å². The Bertz CT molecular complexity index is 775. The molecule has 2 aliphatic heterocycles. The van der Waals surface area contributed by atoms with Gasteiger partial charge in [-0.25, -0.2) is 4.79 Å². The quantitative estimate of drug-likeness (QED) is 0.745. The van der Waals surface area contributed by atoms with Gasteiger partial charge in [-0.2, -0.15) is 0 Å². The second kappa shape index (κ2) is 7.09. The highest BCUT2D eigenvalue weighted by molar-refractivity contribution is 6.06. The Morgan fingerprint density at radius 2 is 1.93 bits per heavy atom. The highest BCUT2D eigenvalue weighted by atomic mass is 16.6. The fourth-order valence-electron chi connectivity index (χ4n) is 5.09. The molecular formula is C23H32N2O3. The number of carbonyl (C=O) groups is 2. The van der Waals surface area contributed by atoms with E-state index in [2.05, 4.69) is 23.5 Å². The van der Waals surface area contributed by atoms with Crippen molar-refractivity contribution in [2.75, 3.05) is 18.4 Å². The zero-order valence-electron chi connectivity index (χ0n) is 17.3. The van der Waals surface area contributed by atoms with E-state index in [1.54, 1.807) is 0 Å². The molecule has 3 aliphatic rings. The zero-order chi connectivity index (χ0) is 19.9. The van der Waals surface area contributed by atoms with Gasteiger partial charge in [-0.1, -0.05) is 31.4 Å². The first kappa shape index (κ1) is 19.3. The minimum Gasteiger partial charge on any atom is -0.444 e. The van der Waals surface area contributed by atoms with Crippen molar-refractivity contribution < 1.29 is 14.3 Å². The van der Waals surface area contributed by atoms with Crippen LogP contribution in [0.3, 0.4) is 0 Å². The lowest BCUT2D eigenvalue weighted by Gasteiger charge is -2.34. The number of benzene rings is 1. The normalized spacial score (nSPS) is 24.0. The van der Waals surface area contributed by atoms with Crippen LogP contribution in [0.5, 0.6) is 0 Å². The number of piperidine rings is 1. The van der Waals surface area contributed by atoms with Crippen LogP contribution in [-0.4, -0.2) is 35.6 Å². The number of nitrogens with zero attached hydrogens (tertiary/aromatic N) is 1. The van der Waals surface area contributed by atoms with Gasteiger partial charge in [0.05, 0.1) is 5.41 Å². The summed E-state index contributed by atoms with van der Waals surface area (Å²) in [5.41, 5.74) is 2.59. The highest BCUT2D eigenvalue weighted by Crippen LogP contribution is 2.48. The number of hydrogen-bond donors (Lipinski definition) is 1. The van der Waals surface area contributed by atoms with Gasteiger partial charge in [-0.15, -0.1) is 0 Å². The molecule has 4 rings (SSSR count). The first-order chi connectivity index (χ1) is 13.3. The molecule has 5 heteroatoms. The zero-order valence-corrected chi connectivity index (χ0v) is 17.3. The number of rotatable bonds is 1. The topological polar surface area (TPSA) is 58.6 Å². The van der Waals surface area contributed by atoms with Crippen LogP contribution in [-0.2, 0) is 14.9 Å². The number of anilines is 1. The van der Waals surface area contributed by atoms with Crippen LogP contribution in [0.15, 0.2) is 18.2 Å². The molecule has 1 spiro atoms. The van der Waals surface area contributed by atoms with Crippen molar-refractivity contribution in [2.45, 2.75) is 82.7 Å². The van der Waals surface area contributed by atoms with E-state index in [1.165, 1.54) is 17.5 Å². The number of ether oxygens (including phenoxy) is 1. The number of carbonyl (C=O) groups excluding carboxylic acids is 2. The Morgan fingerprint density at radius 1 is 1.18 bits per heavy atom. The predicted octanol–water partition coefficient (Wildman–Crippen LogP) is 4.96. The maximum atomic E-state index is 12.8. The number of likely N-dealkylation sites (tertiary alicyclic amines) is 1. The molecule has 1 saturated carbocycles. The van der Waals surface area contributed by atoms with E-state index in [0.29, 0.717) is 6.54 Å². The largest absolute Gasteiger partial charge is 0.444 e. The van der Waals surface area contributed by atoms with Crippen LogP contribution < -0.4 is 5.32 Å². The summed E-state index contributed by atoms with van der Waals surface area (Å²) in [7, 11) is 0. The van der Waals surface area contributed by atoms with Gasteiger partial charge in [0.25, 0.3) is 0 Å². The van der Waals surface area contributed by atoms with E-state index in [-0.39, 0.29) is 23.3 Å². The van der Waals surface area contributed by atoms with Crippen molar-refractivity contribution in [3.05, 3.63) is 29.3 Å². The summed E-state index contributed by atoms with van der Waals surface area (Å²) < 4.78 is 5.55. The molecule has 28 heavy (non-hydrogen) atoms. The molecule has 2 heterocycles. The van der Waals surface area contributed by atoms with Crippen LogP contribution in [0, 0.1) is 0 Å². The summed E-state index contributed by atoms with van der Waals surface area (Å²) in [5.74, 6) is 0.463. The molecule has 0 radical (unpaired) electrons. The van der Waals surface area contributed by atoms with Gasteiger partial charge in [0, 0.05) is 24.7 Å². The van der Waals surface area contributed by atoms with Crippen molar-refractivity contribution in [1.82, 2.24) is 4.90 Å². The van der Waals surface area contributed by atoms with Crippen LogP contribution in [0.25, 0.3) is 0 Å². The number of amides is 2. The van der Waals surface area contributed by atoms with Crippen molar-refractivity contribution in [2.24, 2.45) is 0 Å². The second-order valence-corrected chi connectivity index (χ2v) is 9.67. The van der Waals surface area contributed by atoms with E-state index >= 15 is 0 Å². The molecule has 2 fully saturated rings. The molecule has 1 unspecified atom stereocenters. The van der Waals surface area contributed by atoms with Gasteiger partial charge in [0.1, 0.15) is 5.60 Å². The van der Waals surface area contributed by atoms with Gasteiger partial charge < -0.3 is 15.0 Å². The summed E-state index contributed by atoms with van der Waals surface area (Å²) in [6.07, 6.45) is 7.19. The molecule has 2 amide bonds. The SMILES string of the molecule is CC(C)(C)OC(=O)N1CCCC(c2ccc3c(c2)NC(=O)C32CCCCC2)C1. The molecule has 1 saturated heterocycles. The summed E-state index contributed by atoms with van der Waals surface area (Å²) >= 11 is 0. The molecule has 1 aliphatic carbocycles. The smallest absolute Gasteiger partial charge is 0.410 e. The lowest BCUT2D eigenvalue weighted by atomic mass is 9.70. The first-order valence-corrected chi connectivity index (χ1v) is 10.7. The third-order valence-corrected chi connectivity index (χ3v) is 6.49. The van der Waals surface area contributed by atoms with Crippen LogP contribution in [0.1, 0.15) is 82.8 Å². The fourth-order valence-corrected chi connectivity index (χ4v) is 5.09. The standard InChI is InChI=1S/C23H32N2O3/c1-22(2,3)28-21(27)25-13-7-8-17(15-25)16-9-10-18-19(14-16)24-20(26)23(18)11-5-4-6-12-23/h9-10,14,17H,4-8,11-13,15H2,1-3H3,(H,24,26). The lowest BCUT2D eigenvalue weighted by molar-refractivity contribution is -0.121. The molecular weight excluding hydrogens is 352 g/mol. The fraction of sp³-hybridized carbons (Fsp3) is 0.652. The molecule has 1 aromatic carbocycles. The maximum absolute atomic E-state index is 12.8. The maximum Gasteiger partial charge on any atom is 0.410 e. The van der Waals surface area contributed by atoms with Gasteiger partial charge in [-0.3, -0.25) is 4.79 Å². The average molecular weight is 385 g/mol. The summed E-state index contributed by atoms with van der Waals surface area (Å²) in [4.78, 5) is 27.1. The third-order valence-electron chi connectivity index (χ3n) is 6.49. The second-order valence-electron chi connectivity index (χ2n) is 9.67. The number of hydrogen-bond acceptors (Lipinski definition) is 3. The van der Waals surface area contributed by atoms with E-state index in [0.717, 1.165) is 50.8 Å². The lowest BCUT2D eigenvalue weighted by Crippen LogP contribution is -2.42. The Balaban J connectivity index is 1.52. The molecule has 1 aromatic rings.